The summed E-state index contributed by atoms with van der Waals surface area (Å²) in [6.45, 7) is 3.64. The molecule has 1 atom stereocenters. The number of anilines is 1. The zero-order chi connectivity index (χ0) is 18.9. The molecule has 8 heteroatoms. The number of nitrogens with one attached hydrogen (secondary N) is 1. The molecule has 136 valence electrons. The van der Waals surface area contributed by atoms with Crippen LogP contribution in [0.1, 0.15) is 19.4 Å². The molecule has 1 aliphatic rings. The highest BCUT2D eigenvalue weighted by Gasteiger charge is 2.50. The predicted octanol–water partition coefficient (Wildman–Crippen LogP) is 2.69. The lowest BCUT2D eigenvalue weighted by molar-refractivity contribution is -0.148. The molecule has 0 saturated carbocycles. The SMILES string of the molecule is CCN1C(=O)[C@@](C)(C(=O)NCc2ccc(F)c(Cl)c2)Oc2cccnc21. The van der Waals surface area contributed by atoms with E-state index in [1.165, 1.54) is 30.0 Å². The minimum Gasteiger partial charge on any atom is -0.464 e. The van der Waals surface area contributed by atoms with E-state index in [0.29, 0.717) is 23.7 Å². The van der Waals surface area contributed by atoms with E-state index in [1.807, 2.05) is 0 Å². The molecule has 0 fully saturated rings. The lowest BCUT2D eigenvalue weighted by Crippen LogP contribution is -2.62. The first-order valence-electron chi connectivity index (χ1n) is 8.05. The van der Waals surface area contributed by atoms with Gasteiger partial charge in [0.15, 0.2) is 11.6 Å². The van der Waals surface area contributed by atoms with Crippen molar-refractivity contribution < 1.29 is 18.7 Å². The predicted molar refractivity (Wildman–Crippen MR) is 94.6 cm³/mol. The number of pyridine rings is 1. The number of carbonyl (C=O) groups excluding carboxylic acids is 2. The highest BCUT2D eigenvalue weighted by Crippen LogP contribution is 2.35. The van der Waals surface area contributed by atoms with Gasteiger partial charge in [0.2, 0.25) is 0 Å². The first-order valence-corrected chi connectivity index (χ1v) is 8.43. The number of hydrogen-bond donors (Lipinski definition) is 1. The fraction of sp³-hybridized carbons (Fsp3) is 0.278. The average molecular weight is 378 g/mol. The molecule has 1 aromatic carbocycles. The van der Waals surface area contributed by atoms with Crippen LogP contribution in [0.2, 0.25) is 5.02 Å². The van der Waals surface area contributed by atoms with E-state index in [0.717, 1.165) is 0 Å². The maximum absolute atomic E-state index is 13.2. The van der Waals surface area contributed by atoms with Gasteiger partial charge in [0.25, 0.3) is 17.4 Å². The molecule has 1 aromatic heterocycles. The van der Waals surface area contributed by atoms with Gasteiger partial charge in [-0.2, -0.15) is 0 Å². The molecule has 6 nitrogen and oxygen atoms in total. The Kier molecular flexibility index (Phi) is 4.82. The van der Waals surface area contributed by atoms with Crippen molar-refractivity contribution in [1.82, 2.24) is 10.3 Å². The van der Waals surface area contributed by atoms with Crippen molar-refractivity contribution in [3.63, 3.8) is 0 Å². The Bertz CT molecular complexity index is 877. The molecule has 2 amide bonds. The minimum absolute atomic E-state index is 0.0369. The van der Waals surface area contributed by atoms with E-state index >= 15 is 0 Å². The van der Waals surface area contributed by atoms with Crippen LogP contribution < -0.4 is 15.0 Å². The van der Waals surface area contributed by atoms with Crippen LogP contribution >= 0.6 is 11.6 Å². The maximum Gasteiger partial charge on any atom is 0.282 e. The summed E-state index contributed by atoms with van der Waals surface area (Å²) in [6, 6.07) is 7.46. The normalized spacial score (nSPS) is 18.9. The number of amides is 2. The molecule has 0 saturated heterocycles. The average Bonchev–Trinajstić information content (AvgIpc) is 2.63. The van der Waals surface area contributed by atoms with Crippen LogP contribution in [0, 0.1) is 5.82 Å². The van der Waals surface area contributed by atoms with Crippen molar-refractivity contribution in [3.8, 4) is 5.75 Å². The monoisotopic (exact) mass is 377 g/mol. The summed E-state index contributed by atoms with van der Waals surface area (Å²) >= 11 is 5.74. The molecule has 0 radical (unpaired) electrons. The Balaban J connectivity index is 1.81. The highest BCUT2D eigenvalue weighted by atomic mass is 35.5. The molecule has 2 aromatic rings. The highest BCUT2D eigenvalue weighted by molar-refractivity contribution is 6.30. The van der Waals surface area contributed by atoms with Crippen LogP contribution in [0.15, 0.2) is 36.5 Å². The topological polar surface area (TPSA) is 71.5 Å². The maximum atomic E-state index is 13.2. The van der Waals surface area contributed by atoms with Gasteiger partial charge in [0, 0.05) is 19.3 Å². The standard InChI is InChI=1S/C18H17ClFN3O3/c1-3-23-15-14(5-4-8-21-15)26-18(2,17(23)25)16(24)22-10-11-6-7-13(20)12(19)9-11/h4-9H,3,10H2,1-2H3,(H,22,24)/t18-/m1/s1. The van der Waals surface area contributed by atoms with E-state index < -0.39 is 23.2 Å². The fourth-order valence-corrected chi connectivity index (χ4v) is 2.92. The van der Waals surface area contributed by atoms with Gasteiger partial charge in [0.05, 0.1) is 5.02 Å². The Morgan fingerprint density at radius 1 is 1.42 bits per heavy atom. The number of hydrogen-bond acceptors (Lipinski definition) is 4. The van der Waals surface area contributed by atoms with Gasteiger partial charge in [-0.15, -0.1) is 0 Å². The molecule has 2 heterocycles. The summed E-state index contributed by atoms with van der Waals surface area (Å²) in [5.41, 5.74) is -1.12. The first kappa shape index (κ1) is 18.1. The lowest BCUT2D eigenvalue weighted by atomic mass is 10.0. The molecule has 1 N–H and O–H groups in total. The first-order chi connectivity index (χ1) is 12.4. The van der Waals surface area contributed by atoms with Gasteiger partial charge in [-0.1, -0.05) is 17.7 Å². The summed E-state index contributed by atoms with van der Waals surface area (Å²) in [5.74, 6) is -0.897. The molecule has 0 bridgehead atoms. The molecule has 0 unspecified atom stereocenters. The molecule has 1 aliphatic heterocycles. The van der Waals surface area contributed by atoms with Crippen LogP contribution in [0.25, 0.3) is 0 Å². The van der Waals surface area contributed by atoms with Crippen LogP contribution in [0.5, 0.6) is 5.75 Å². The van der Waals surface area contributed by atoms with Gasteiger partial charge in [-0.3, -0.25) is 14.5 Å². The van der Waals surface area contributed by atoms with Crippen molar-refractivity contribution in [2.45, 2.75) is 26.0 Å². The van der Waals surface area contributed by atoms with Crippen molar-refractivity contribution >= 4 is 29.2 Å². The van der Waals surface area contributed by atoms with E-state index in [-0.39, 0.29) is 11.6 Å². The zero-order valence-electron chi connectivity index (χ0n) is 14.3. The van der Waals surface area contributed by atoms with Crippen LogP contribution in [0.3, 0.4) is 0 Å². The quantitative estimate of drug-likeness (QED) is 0.831. The van der Waals surface area contributed by atoms with Crippen molar-refractivity contribution in [2.24, 2.45) is 0 Å². The van der Waals surface area contributed by atoms with Crippen LogP contribution in [-0.4, -0.2) is 28.9 Å². The third-order valence-electron chi connectivity index (χ3n) is 4.16. The zero-order valence-corrected chi connectivity index (χ0v) is 15.0. The van der Waals surface area contributed by atoms with Crippen LogP contribution in [-0.2, 0) is 16.1 Å². The van der Waals surface area contributed by atoms with Gasteiger partial charge >= 0.3 is 0 Å². The lowest BCUT2D eigenvalue weighted by Gasteiger charge is -2.38. The van der Waals surface area contributed by atoms with E-state index in [2.05, 4.69) is 10.3 Å². The molecular weight excluding hydrogens is 361 g/mol. The number of benzene rings is 1. The number of ether oxygens (including phenoxy) is 1. The van der Waals surface area contributed by atoms with Gasteiger partial charge in [-0.05, 0) is 43.7 Å². The Morgan fingerprint density at radius 3 is 2.88 bits per heavy atom. The number of carbonyl (C=O) groups is 2. The Morgan fingerprint density at radius 2 is 2.19 bits per heavy atom. The summed E-state index contributed by atoms with van der Waals surface area (Å²) in [6.07, 6.45) is 1.55. The Labute approximate surface area is 154 Å². The second kappa shape index (κ2) is 6.92. The third-order valence-corrected chi connectivity index (χ3v) is 4.45. The second-order valence-corrected chi connectivity index (χ2v) is 6.35. The van der Waals surface area contributed by atoms with Crippen molar-refractivity contribution in [1.29, 1.82) is 0 Å². The second-order valence-electron chi connectivity index (χ2n) is 5.94. The molecular formula is C18H17ClFN3O3. The van der Waals surface area contributed by atoms with E-state index in [4.69, 9.17) is 16.3 Å². The number of aromatic nitrogens is 1. The number of likely N-dealkylation sites (N-methyl/N-ethyl adjacent to an activating group) is 1. The summed E-state index contributed by atoms with van der Waals surface area (Å²) in [4.78, 5) is 31.1. The van der Waals surface area contributed by atoms with Crippen molar-refractivity contribution in [3.05, 3.63) is 52.9 Å². The van der Waals surface area contributed by atoms with Gasteiger partial charge in [0.1, 0.15) is 5.82 Å². The van der Waals surface area contributed by atoms with Crippen molar-refractivity contribution in [2.75, 3.05) is 11.4 Å². The number of rotatable bonds is 4. The molecule has 26 heavy (non-hydrogen) atoms. The summed E-state index contributed by atoms with van der Waals surface area (Å²) in [7, 11) is 0. The molecule has 0 spiro atoms. The number of nitrogens with zero attached hydrogens (tertiary/aromatic N) is 2. The molecule has 0 aliphatic carbocycles. The van der Waals surface area contributed by atoms with E-state index in [1.54, 1.807) is 25.3 Å². The molecule has 3 rings (SSSR count). The Hall–Kier alpha value is -2.67. The van der Waals surface area contributed by atoms with Crippen LogP contribution in [0.4, 0.5) is 10.2 Å². The smallest absolute Gasteiger partial charge is 0.282 e. The van der Waals surface area contributed by atoms with Gasteiger partial charge < -0.3 is 10.1 Å². The number of fused-ring (bicyclic) bond motifs is 1. The van der Waals surface area contributed by atoms with Gasteiger partial charge in [-0.25, -0.2) is 9.37 Å². The number of halogens is 2. The summed E-state index contributed by atoms with van der Waals surface area (Å²) in [5, 5.41) is 2.61. The summed E-state index contributed by atoms with van der Waals surface area (Å²) < 4.78 is 18.9. The van der Waals surface area contributed by atoms with E-state index in [9.17, 15) is 14.0 Å². The largest absolute Gasteiger partial charge is 0.464 e. The fourth-order valence-electron chi connectivity index (χ4n) is 2.72. The minimum atomic E-state index is -1.73. The third kappa shape index (κ3) is 3.10.